The summed E-state index contributed by atoms with van der Waals surface area (Å²) < 4.78 is 0. The van der Waals surface area contributed by atoms with E-state index >= 15 is 0 Å². The average Bonchev–Trinajstić information content (AvgIpc) is 2.13. The first-order chi connectivity index (χ1) is 6.58. The van der Waals surface area contributed by atoms with Crippen LogP contribution in [-0.2, 0) is 0 Å². The quantitative estimate of drug-likeness (QED) is 0.333. The van der Waals surface area contributed by atoms with Gasteiger partial charge in [0, 0.05) is 12.4 Å². The van der Waals surface area contributed by atoms with E-state index in [1.807, 2.05) is 6.07 Å². The Morgan fingerprint density at radius 1 is 1.29 bits per heavy atom. The molecule has 0 fully saturated rings. The topological polar surface area (TPSA) is 25.8 Å². The Bertz CT molecular complexity index is 335. The molecule has 74 valence electrons. The van der Waals surface area contributed by atoms with Crippen molar-refractivity contribution in [3.63, 3.8) is 0 Å². The maximum atomic E-state index is 4.11. The van der Waals surface area contributed by atoms with Gasteiger partial charge in [-0.05, 0) is 6.07 Å². The molecule has 0 spiro atoms. The van der Waals surface area contributed by atoms with Crippen molar-refractivity contribution >= 4 is 19.8 Å². The van der Waals surface area contributed by atoms with Gasteiger partial charge in [-0.15, -0.1) is 5.54 Å². The summed E-state index contributed by atoms with van der Waals surface area (Å²) in [5.74, 6) is 3.95. The molecule has 1 heterocycles. The van der Waals surface area contributed by atoms with E-state index in [9.17, 15) is 0 Å². The van der Waals surface area contributed by atoms with Crippen molar-refractivity contribution in [2.45, 2.75) is 24.8 Å². The summed E-state index contributed by atoms with van der Waals surface area (Å²) in [6.07, 6.45) is 3.50. The van der Waals surface area contributed by atoms with E-state index in [4.69, 9.17) is 0 Å². The first-order valence-corrected chi connectivity index (χ1v) is 8.96. The maximum Gasteiger partial charge on any atom is 0.188 e. The van der Waals surface area contributed by atoms with Gasteiger partial charge in [-0.25, -0.2) is 9.97 Å². The molecule has 0 N–H and O–H groups in total. The van der Waals surface area contributed by atoms with Gasteiger partial charge in [0.1, 0.15) is 8.07 Å². The SMILES string of the molecule is C[Si](C)(C)C#CCSc1ncccn1. The van der Waals surface area contributed by atoms with Crippen LogP contribution >= 0.6 is 11.8 Å². The molecule has 0 aromatic carbocycles. The zero-order valence-electron chi connectivity index (χ0n) is 8.74. The van der Waals surface area contributed by atoms with Crippen LogP contribution in [0, 0.1) is 11.5 Å². The van der Waals surface area contributed by atoms with Gasteiger partial charge in [-0.2, -0.15) is 0 Å². The molecule has 0 aliphatic rings. The van der Waals surface area contributed by atoms with E-state index in [-0.39, 0.29) is 0 Å². The van der Waals surface area contributed by atoms with Crippen LogP contribution in [0.3, 0.4) is 0 Å². The zero-order valence-corrected chi connectivity index (χ0v) is 10.6. The van der Waals surface area contributed by atoms with Gasteiger partial charge in [0.15, 0.2) is 5.16 Å². The molecule has 0 radical (unpaired) electrons. The van der Waals surface area contributed by atoms with Crippen LogP contribution in [0.2, 0.25) is 19.6 Å². The second kappa shape index (κ2) is 5.18. The molecule has 1 aromatic heterocycles. The van der Waals surface area contributed by atoms with Gasteiger partial charge < -0.3 is 0 Å². The van der Waals surface area contributed by atoms with Crippen molar-refractivity contribution in [3.8, 4) is 11.5 Å². The molecule has 0 bridgehead atoms. The van der Waals surface area contributed by atoms with Gasteiger partial charge in [-0.1, -0.05) is 37.3 Å². The monoisotopic (exact) mass is 222 g/mol. The third-order valence-electron chi connectivity index (χ3n) is 1.28. The molecule has 0 saturated carbocycles. The minimum atomic E-state index is -1.21. The highest BCUT2D eigenvalue weighted by atomic mass is 32.2. The minimum Gasteiger partial charge on any atom is -0.231 e. The molecule has 1 aromatic rings. The number of rotatable bonds is 2. The van der Waals surface area contributed by atoms with E-state index in [0.29, 0.717) is 0 Å². The van der Waals surface area contributed by atoms with Crippen molar-refractivity contribution in [1.29, 1.82) is 0 Å². The van der Waals surface area contributed by atoms with Crippen LogP contribution in [0.1, 0.15) is 0 Å². The second-order valence-corrected chi connectivity index (χ2v) is 9.56. The maximum absolute atomic E-state index is 4.11. The molecular formula is C10H14N2SSi. The van der Waals surface area contributed by atoms with E-state index in [0.717, 1.165) is 10.9 Å². The standard InChI is InChI=1S/C10H14N2SSi/c1-14(2,3)9-5-8-13-10-11-6-4-7-12-10/h4,6-7H,8H2,1-3H3. The Balaban J connectivity index is 2.39. The molecule has 14 heavy (non-hydrogen) atoms. The molecule has 0 amide bonds. The van der Waals surface area contributed by atoms with Crippen LogP contribution < -0.4 is 0 Å². The van der Waals surface area contributed by atoms with Crippen molar-refractivity contribution in [2.24, 2.45) is 0 Å². The Kier molecular flexibility index (Phi) is 4.17. The summed E-state index contributed by atoms with van der Waals surface area (Å²) in [5.41, 5.74) is 3.30. The van der Waals surface area contributed by atoms with E-state index in [1.54, 1.807) is 24.2 Å². The molecular weight excluding hydrogens is 208 g/mol. The Hall–Kier alpha value is -0.793. The van der Waals surface area contributed by atoms with Gasteiger partial charge in [-0.3, -0.25) is 0 Å². The second-order valence-electron chi connectivity index (χ2n) is 3.87. The summed E-state index contributed by atoms with van der Waals surface area (Å²) in [7, 11) is -1.21. The fourth-order valence-electron chi connectivity index (χ4n) is 0.762. The summed E-state index contributed by atoms with van der Waals surface area (Å²) in [4.78, 5) is 8.22. The van der Waals surface area contributed by atoms with E-state index < -0.39 is 8.07 Å². The van der Waals surface area contributed by atoms with Crippen molar-refractivity contribution in [3.05, 3.63) is 18.5 Å². The van der Waals surface area contributed by atoms with Gasteiger partial charge in [0.2, 0.25) is 0 Å². The Morgan fingerprint density at radius 3 is 2.50 bits per heavy atom. The highest BCUT2D eigenvalue weighted by Gasteiger charge is 2.06. The molecule has 2 nitrogen and oxygen atoms in total. The van der Waals surface area contributed by atoms with E-state index in [2.05, 4.69) is 41.1 Å². The highest BCUT2D eigenvalue weighted by Crippen LogP contribution is 2.09. The number of aromatic nitrogens is 2. The molecule has 0 unspecified atom stereocenters. The van der Waals surface area contributed by atoms with Crippen molar-refractivity contribution < 1.29 is 0 Å². The number of nitrogens with zero attached hydrogens (tertiary/aromatic N) is 2. The third-order valence-corrected chi connectivity index (χ3v) is 2.96. The van der Waals surface area contributed by atoms with Crippen LogP contribution in [0.4, 0.5) is 0 Å². The summed E-state index contributed by atoms with van der Waals surface area (Å²) >= 11 is 1.59. The van der Waals surface area contributed by atoms with Crippen molar-refractivity contribution in [2.75, 3.05) is 5.75 Å². The minimum absolute atomic E-state index is 0.786. The Labute approximate surface area is 90.6 Å². The third kappa shape index (κ3) is 5.05. The lowest BCUT2D eigenvalue weighted by Crippen LogP contribution is -2.16. The first kappa shape index (κ1) is 11.3. The predicted octanol–water partition coefficient (Wildman–Crippen LogP) is 2.45. The summed E-state index contributed by atoms with van der Waals surface area (Å²) in [6.45, 7) is 6.72. The molecule has 1 rings (SSSR count). The normalized spacial score (nSPS) is 10.5. The molecule has 0 saturated heterocycles. The van der Waals surface area contributed by atoms with E-state index in [1.165, 1.54) is 0 Å². The fraction of sp³-hybridized carbons (Fsp3) is 0.400. The first-order valence-electron chi connectivity index (χ1n) is 4.48. The lowest BCUT2D eigenvalue weighted by atomic mass is 10.7. The summed E-state index contributed by atoms with van der Waals surface area (Å²) in [5, 5.41) is 0.803. The summed E-state index contributed by atoms with van der Waals surface area (Å²) in [6, 6.07) is 1.82. The largest absolute Gasteiger partial charge is 0.231 e. The smallest absolute Gasteiger partial charge is 0.188 e. The van der Waals surface area contributed by atoms with Crippen LogP contribution in [0.25, 0.3) is 0 Å². The van der Waals surface area contributed by atoms with Crippen LogP contribution in [0.15, 0.2) is 23.6 Å². The number of thioether (sulfide) groups is 1. The van der Waals surface area contributed by atoms with Gasteiger partial charge >= 0.3 is 0 Å². The lowest BCUT2D eigenvalue weighted by molar-refractivity contribution is 0.969. The molecule has 0 aliphatic carbocycles. The van der Waals surface area contributed by atoms with Crippen LogP contribution in [0.5, 0.6) is 0 Å². The lowest BCUT2D eigenvalue weighted by Gasteiger charge is -2.02. The Morgan fingerprint density at radius 2 is 1.93 bits per heavy atom. The number of hydrogen-bond donors (Lipinski definition) is 0. The van der Waals surface area contributed by atoms with Crippen molar-refractivity contribution in [1.82, 2.24) is 9.97 Å². The highest BCUT2D eigenvalue weighted by molar-refractivity contribution is 7.99. The molecule has 0 atom stereocenters. The number of hydrogen-bond acceptors (Lipinski definition) is 3. The fourth-order valence-corrected chi connectivity index (χ4v) is 2.05. The molecule has 0 aliphatic heterocycles. The predicted molar refractivity (Wildman–Crippen MR) is 63.9 cm³/mol. The zero-order chi connectivity index (χ0) is 10.4. The average molecular weight is 222 g/mol. The van der Waals surface area contributed by atoms with Gasteiger partial charge in [0.25, 0.3) is 0 Å². The van der Waals surface area contributed by atoms with Crippen LogP contribution in [-0.4, -0.2) is 23.8 Å². The van der Waals surface area contributed by atoms with Gasteiger partial charge in [0.05, 0.1) is 5.75 Å². The molecule has 4 heteroatoms.